The molecule has 1 aromatic heterocycles. The summed E-state index contributed by atoms with van der Waals surface area (Å²) in [5.41, 5.74) is -2.33. The average Bonchev–Trinajstić information content (AvgIpc) is 2.32. The zero-order valence-electron chi connectivity index (χ0n) is 10.0. The van der Waals surface area contributed by atoms with Crippen molar-refractivity contribution in [1.29, 1.82) is 0 Å². The highest BCUT2D eigenvalue weighted by atomic mass is 16.4. The smallest absolute Gasteiger partial charge is 0.352 e. The van der Waals surface area contributed by atoms with Gasteiger partial charge in [0.15, 0.2) is 0 Å². The highest BCUT2D eigenvalue weighted by Crippen LogP contribution is 2.03. The molecule has 1 heterocycles. The summed E-state index contributed by atoms with van der Waals surface area (Å²) >= 11 is 0. The lowest BCUT2D eigenvalue weighted by Gasteiger charge is -2.20. The van der Waals surface area contributed by atoms with Crippen molar-refractivity contribution in [2.45, 2.75) is 6.54 Å². The number of aromatic amines is 2. The molecule has 1 rings (SSSR count). The Labute approximate surface area is 107 Å². The number of aromatic nitrogens is 2. The quantitative estimate of drug-likeness (QED) is 0.370. The van der Waals surface area contributed by atoms with Crippen LogP contribution in [-0.4, -0.2) is 62.5 Å². The second kappa shape index (κ2) is 6.83. The number of aliphatic hydroxyl groups is 2. The Morgan fingerprint density at radius 3 is 2.16 bits per heavy atom. The molecule has 0 aliphatic carbocycles. The third-order valence-electron chi connectivity index (χ3n) is 2.47. The van der Waals surface area contributed by atoms with E-state index >= 15 is 0 Å². The van der Waals surface area contributed by atoms with Crippen molar-refractivity contribution in [2.24, 2.45) is 0 Å². The lowest BCUT2D eigenvalue weighted by Crippen LogP contribution is -2.36. The van der Waals surface area contributed by atoms with E-state index in [0.29, 0.717) is 0 Å². The van der Waals surface area contributed by atoms with Crippen LogP contribution < -0.4 is 11.2 Å². The molecule has 0 saturated carbocycles. The van der Waals surface area contributed by atoms with Crippen LogP contribution in [0.15, 0.2) is 9.59 Å². The van der Waals surface area contributed by atoms with Gasteiger partial charge in [-0.15, -0.1) is 0 Å². The van der Waals surface area contributed by atoms with Gasteiger partial charge in [0.05, 0.1) is 18.8 Å². The number of carboxylic acids is 1. The van der Waals surface area contributed by atoms with E-state index in [1.807, 2.05) is 9.97 Å². The van der Waals surface area contributed by atoms with E-state index in [9.17, 15) is 14.4 Å². The number of aliphatic hydroxyl groups excluding tert-OH is 2. The molecule has 0 fully saturated rings. The number of aromatic carboxylic acids is 1. The molecule has 106 valence electrons. The lowest BCUT2D eigenvalue weighted by atomic mass is 10.2. The zero-order chi connectivity index (χ0) is 14.4. The standard InChI is InChI=1S/C10H15N3O6/c14-3-1-13(2-4-15)5-6-7(9(17)18)11-10(19)12-8(6)16/h14-15H,1-5H2,(H,17,18)(H2,11,12,16,19). The molecule has 0 aromatic carbocycles. The predicted octanol–water partition coefficient (Wildman–Crippen LogP) is -2.45. The molecule has 0 amide bonds. The van der Waals surface area contributed by atoms with Crippen LogP contribution in [0.3, 0.4) is 0 Å². The molecular weight excluding hydrogens is 258 g/mol. The van der Waals surface area contributed by atoms with E-state index in [4.69, 9.17) is 15.3 Å². The third-order valence-corrected chi connectivity index (χ3v) is 2.47. The number of H-pyrrole nitrogens is 2. The zero-order valence-corrected chi connectivity index (χ0v) is 10.0. The second-order valence-electron chi connectivity index (χ2n) is 3.79. The lowest BCUT2D eigenvalue weighted by molar-refractivity contribution is 0.0686. The number of hydrogen-bond donors (Lipinski definition) is 5. The molecule has 0 saturated heterocycles. The van der Waals surface area contributed by atoms with Crippen LogP contribution in [0.25, 0.3) is 0 Å². The maximum absolute atomic E-state index is 11.6. The van der Waals surface area contributed by atoms with E-state index in [1.165, 1.54) is 4.90 Å². The van der Waals surface area contributed by atoms with Crippen molar-refractivity contribution in [2.75, 3.05) is 26.3 Å². The van der Waals surface area contributed by atoms with Crippen LogP contribution >= 0.6 is 0 Å². The monoisotopic (exact) mass is 273 g/mol. The van der Waals surface area contributed by atoms with Gasteiger partial charge in [-0.3, -0.25) is 14.7 Å². The minimum Gasteiger partial charge on any atom is -0.477 e. The molecule has 19 heavy (non-hydrogen) atoms. The van der Waals surface area contributed by atoms with Crippen molar-refractivity contribution in [1.82, 2.24) is 14.9 Å². The molecule has 0 aliphatic heterocycles. The highest BCUT2D eigenvalue weighted by Gasteiger charge is 2.18. The van der Waals surface area contributed by atoms with Crippen LogP contribution in [0.5, 0.6) is 0 Å². The molecular formula is C10H15N3O6. The van der Waals surface area contributed by atoms with Crippen LogP contribution in [0.4, 0.5) is 0 Å². The first-order valence-electron chi connectivity index (χ1n) is 5.52. The van der Waals surface area contributed by atoms with Crippen molar-refractivity contribution < 1.29 is 20.1 Å². The summed E-state index contributed by atoms with van der Waals surface area (Å²) in [6, 6.07) is 0. The largest absolute Gasteiger partial charge is 0.477 e. The van der Waals surface area contributed by atoms with E-state index in [-0.39, 0.29) is 38.4 Å². The van der Waals surface area contributed by atoms with E-state index in [2.05, 4.69) is 0 Å². The molecule has 0 unspecified atom stereocenters. The van der Waals surface area contributed by atoms with Crippen molar-refractivity contribution in [3.63, 3.8) is 0 Å². The molecule has 0 atom stereocenters. The van der Waals surface area contributed by atoms with Crippen LogP contribution in [0.2, 0.25) is 0 Å². The third kappa shape index (κ3) is 4.02. The summed E-state index contributed by atoms with van der Waals surface area (Å²) in [6.45, 7) is -0.182. The topological polar surface area (TPSA) is 147 Å². The first kappa shape index (κ1) is 15.1. The van der Waals surface area contributed by atoms with Gasteiger partial charge >= 0.3 is 11.7 Å². The summed E-state index contributed by atoms with van der Waals surface area (Å²) in [5, 5.41) is 26.6. The number of carbonyl (C=O) groups is 1. The highest BCUT2D eigenvalue weighted by molar-refractivity contribution is 5.86. The summed E-state index contributed by atoms with van der Waals surface area (Å²) in [5.74, 6) is -1.42. The van der Waals surface area contributed by atoms with Gasteiger partial charge in [-0.25, -0.2) is 9.59 Å². The number of nitrogens with zero attached hydrogens (tertiary/aromatic N) is 1. The Kier molecular flexibility index (Phi) is 5.42. The first-order chi connectivity index (χ1) is 8.99. The minimum atomic E-state index is -1.42. The fourth-order valence-corrected chi connectivity index (χ4v) is 1.62. The Balaban J connectivity index is 3.14. The van der Waals surface area contributed by atoms with Gasteiger partial charge in [0.2, 0.25) is 0 Å². The Hall–Kier alpha value is -1.97. The molecule has 0 spiro atoms. The summed E-state index contributed by atoms with van der Waals surface area (Å²) in [4.78, 5) is 39.1. The van der Waals surface area contributed by atoms with Gasteiger partial charge in [0, 0.05) is 19.6 Å². The fourth-order valence-electron chi connectivity index (χ4n) is 1.62. The molecule has 0 radical (unpaired) electrons. The van der Waals surface area contributed by atoms with Crippen molar-refractivity contribution >= 4 is 5.97 Å². The SMILES string of the molecule is O=C(O)c1[nH]c(=O)[nH]c(=O)c1CN(CCO)CCO. The van der Waals surface area contributed by atoms with Crippen molar-refractivity contribution in [3.05, 3.63) is 32.1 Å². The average molecular weight is 273 g/mol. The second-order valence-corrected chi connectivity index (χ2v) is 3.79. The van der Waals surface area contributed by atoms with Gasteiger partial charge in [-0.1, -0.05) is 0 Å². The van der Waals surface area contributed by atoms with Gasteiger partial charge < -0.3 is 20.3 Å². The fraction of sp³-hybridized carbons (Fsp3) is 0.500. The summed E-state index contributed by atoms with van der Waals surface area (Å²) in [6.07, 6.45) is 0. The van der Waals surface area contributed by atoms with Crippen LogP contribution in [0.1, 0.15) is 16.1 Å². The molecule has 9 heteroatoms. The van der Waals surface area contributed by atoms with Crippen molar-refractivity contribution in [3.8, 4) is 0 Å². The summed E-state index contributed by atoms with van der Waals surface area (Å²) < 4.78 is 0. The number of nitrogens with one attached hydrogen (secondary N) is 2. The van der Waals surface area contributed by atoms with Gasteiger partial charge in [0.1, 0.15) is 5.69 Å². The van der Waals surface area contributed by atoms with Crippen LogP contribution in [-0.2, 0) is 6.54 Å². The van der Waals surface area contributed by atoms with Crippen LogP contribution in [0, 0.1) is 0 Å². The Morgan fingerprint density at radius 2 is 1.68 bits per heavy atom. The molecule has 0 aliphatic rings. The Morgan fingerprint density at radius 1 is 1.11 bits per heavy atom. The van der Waals surface area contributed by atoms with Gasteiger partial charge in [-0.05, 0) is 0 Å². The van der Waals surface area contributed by atoms with E-state index in [1.54, 1.807) is 0 Å². The van der Waals surface area contributed by atoms with Gasteiger partial charge in [0.25, 0.3) is 5.56 Å². The first-order valence-corrected chi connectivity index (χ1v) is 5.52. The summed E-state index contributed by atoms with van der Waals surface area (Å²) in [7, 11) is 0. The molecule has 5 N–H and O–H groups in total. The number of hydrogen-bond acceptors (Lipinski definition) is 6. The molecule has 1 aromatic rings. The molecule has 0 bridgehead atoms. The predicted molar refractivity (Wildman–Crippen MR) is 64.1 cm³/mol. The maximum Gasteiger partial charge on any atom is 0.352 e. The van der Waals surface area contributed by atoms with E-state index < -0.39 is 22.9 Å². The number of rotatable bonds is 7. The minimum absolute atomic E-state index is 0.102. The number of carboxylic acid groups (broad SMARTS) is 1. The van der Waals surface area contributed by atoms with E-state index in [0.717, 1.165) is 0 Å². The Bertz CT molecular complexity index is 543. The normalized spacial score (nSPS) is 10.9. The molecule has 9 nitrogen and oxygen atoms in total. The van der Waals surface area contributed by atoms with Gasteiger partial charge in [-0.2, -0.15) is 0 Å². The maximum atomic E-state index is 11.6.